The Labute approximate surface area is 125 Å². The number of nitrogens with zero attached hydrogens (tertiary/aromatic N) is 2. The fourth-order valence-corrected chi connectivity index (χ4v) is 2.35. The molecule has 1 aromatic heterocycles. The molecule has 1 aromatic carbocycles. The highest BCUT2D eigenvalue weighted by Crippen LogP contribution is 2.28. The molecule has 0 aliphatic heterocycles. The minimum atomic E-state index is -0.514. The van der Waals surface area contributed by atoms with Crippen LogP contribution in [0.15, 0.2) is 12.1 Å². The molecule has 0 saturated carbocycles. The number of fused-ring (bicyclic) bond motifs is 1. The summed E-state index contributed by atoms with van der Waals surface area (Å²) in [4.78, 5) is 15.3. The maximum Gasteiger partial charge on any atom is 0.216 e. The SMILES string of the molecule is CC(=O)NCCn1c(C(C)Cl)nc2cc(F)c(Cl)cc21. The lowest BCUT2D eigenvalue weighted by molar-refractivity contribution is -0.118. The van der Waals surface area contributed by atoms with Gasteiger partial charge in [-0.3, -0.25) is 4.79 Å². The summed E-state index contributed by atoms with van der Waals surface area (Å²) in [7, 11) is 0. The Morgan fingerprint density at radius 3 is 2.85 bits per heavy atom. The van der Waals surface area contributed by atoms with Crippen LogP contribution in [-0.2, 0) is 11.3 Å². The Bertz CT molecular complexity index is 655. The van der Waals surface area contributed by atoms with E-state index in [4.69, 9.17) is 23.2 Å². The molecule has 1 atom stereocenters. The smallest absolute Gasteiger partial charge is 0.216 e. The third-order valence-corrected chi connectivity index (χ3v) is 3.37. The summed E-state index contributed by atoms with van der Waals surface area (Å²) < 4.78 is 15.3. The molecule has 20 heavy (non-hydrogen) atoms. The third kappa shape index (κ3) is 3.04. The lowest BCUT2D eigenvalue weighted by atomic mass is 10.3. The fraction of sp³-hybridized carbons (Fsp3) is 0.385. The van der Waals surface area contributed by atoms with Crippen molar-refractivity contribution >= 4 is 40.1 Å². The number of amides is 1. The van der Waals surface area contributed by atoms with Crippen LogP contribution in [0.5, 0.6) is 0 Å². The molecule has 4 nitrogen and oxygen atoms in total. The van der Waals surface area contributed by atoms with Gasteiger partial charge >= 0.3 is 0 Å². The number of hydrogen-bond donors (Lipinski definition) is 1. The van der Waals surface area contributed by atoms with E-state index in [1.54, 1.807) is 6.92 Å². The van der Waals surface area contributed by atoms with Crippen molar-refractivity contribution in [3.05, 3.63) is 28.8 Å². The van der Waals surface area contributed by atoms with E-state index in [0.29, 0.717) is 29.9 Å². The van der Waals surface area contributed by atoms with Crippen LogP contribution in [0.1, 0.15) is 25.0 Å². The van der Waals surface area contributed by atoms with Crippen molar-refractivity contribution in [3.63, 3.8) is 0 Å². The van der Waals surface area contributed by atoms with Crippen molar-refractivity contribution in [2.45, 2.75) is 25.8 Å². The molecular formula is C13H14Cl2FN3O. The summed E-state index contributed by atoms with van der Waals surface area (Å²) in [5, 5.41) is 2.41. The molecule has 0 bridgehead atoms. The molecule has 2 rings (SSSR count). The van der Waals surface area contributed by atoms with Crippen molar-refractivity contribution in [1.82, 2.24) is 14.9 Å². The molecule has 1 amide bonds. The molecule has 0 aliphatic rings. The van der Waals surface area contributed by atoms with Gasteiger partial charge in [-0.1, -0.05) is 11.6 Å². The molecule has 0 radical (unpaired) electrons. The highest BCUT2D eigenvalue weighted by Gasteiger charge is 2.16. The van der Waals surface area contributed by atoms with E-state index < -0.39 is 5.82 Å². The van der Waals surface area contributed by atoms with E-state index in [1.165, 1.54) is 19.1 Å². The standard InChI is InChI=1S/C13H14Cl2FN3O/c1-7(14)13-18-11-6-10(16)9(15)5-12(11)19(13)4-3-17-8(2)20/h5-7H,3-4H2,1-2H3,(H,17,20). The lowest BCUT2D eigenvalue weighted by Crippen LogP contribution is -2.25. The van der Waals surface area contributed by atoms with Crippen LogP contribution >= 0.6 is 23.2 Å². The van der Waals surface area contributed by atoms with Gasteiger partial charge < -0.3 is 9.88 Å². The molecular weight excluding hydrogens is 304 g/mol. The first-order valence-corrected chi connectivity index (χ1v) is 6.95. The fourth-order valence-electron chi connectivity index (χ4n) is 2.02. The van der Waals surface area contributed by atoms with Gasteiger partial charge in [-0.25, -0.2) is 9.37 Å². The summed E-state index contributed by atoms with van der Waals surface area (Å²) in [5.74, 6) is -0.00731. The van der Waals surface area contributed by atoms with E-state index in [0.717, 1.165) is 0 Å². The number of halogens is 3. The van der Waals surface area contributed by atoms with Crippen molar-refractivity contribution in [1.29, 1.82) is 0 Å². The molecule has 0 saturated heterocycles. The first-order valence-electron chi connectivity index (χ1n) is 6.14. The largest absolute Gasteiger partial charge is 0.355 e. The van der Waals surface area contributed by atoms with Crippen LogP contribution in [0.4, 0.5) is 4.39 Å². The summed E-state index contributed by atoms with van der Waals surface area (Å²) in [6.45, 7) is 4.16. The average molecular weight is 318 g/mol. The van der Waals surface area contributed by atoms with Crippen LogP contribution in [0.3, 0.4) is 0 Å². The van der Waals surface area contributed by atoms with E-state index in [1.807, 2.05) is 4.57 Å². The predicted octanol–water partition coefficient (Wildman–Crippen LogP) is 3.26. The molecule has 108 valence electrons. The van der Waals surface area contributed by atoms with Gasteiger partial charge in [0.25, 0.3) is 0 Å². The van der Waals surface area contributed by atoms with Crippen LogP contribution in [0, 0.1) is 5.82 Å². The van der Waals surface area contributed by atoms with Crippen molar-refractivity contribution < 1.29 is 9.18 Å². The quantitative estimate of drug-likeness (QED) is 0.880. The Kier molecular flexibility index (Phi) is 4.50. The normalized spacial score (nSPS) is 12.7. The molecule has 0 aliphatic carbocycles. The van der Waals surface area contributed by atoms with E-state index >= 15 is 0 Å². The number of benzene rings is 1. The number of carbonyl (C=O) groups excluding carboxylic acids is 1. The van der Waals surface area contributed by atoms with Crippen LogP contribution in [-0.4, -0.2) is 22.0 Å². The van der Waals surface area contributed by atoms with Crippen LogP contribution < -0.4 is 5.32 Å². The van der Waals surface area contributed by atoms with Crippen molar-refractivity contribution in [2.75, 3.05) is 6.54 Å². The van der Waals surface area contributed by atoms with Gasteiger partial charge in [0, 0.05) is 26.1 Å². The highest BCUT2D eigenvalue weighted by molar-refractivity contribution is 6.31. The molecule has 1 unspecified atom stereocenters. The zero-order chi connectivity index (χ0) is 14.9. The zero-order valence-electron chi connectivity index (χ0n) is 11.1. The highest BCUT2D eigenvalue weighted by atomic mass is 35.5. The lowest BCUT2D eigenvalue weighted by Gasteiger charge is -2.11. The Morgan fingerprint density at radius 2 is 2.25 bits per heavy atom. The predicted molar refractivity (Wildman–Crippen MR) is 77.7 cm³/mol. The van der Waals surface area contributed by atoms with Crippen LogP contribution in [0.25, 0.3) is 11.0 Å². The number of carbonyl (C=O) groups is 1. The first-order chi connectivity index (χ1) is 9.40. The number of aromatic nitrogens is 2. The molecule has 2 aromatic rings. The van der Waals surface area contributed by atoms with E-state index in [2.05, 4.69) is 10.3 Å². The Morgan fingerprint density at radius 1 is 1.55 bits per heavy atom. The van der Waals surface area contributed by atoms with Gasteiger partial charge in [0.1, 0.15) is 11.6 Å². The number of nitrogens with one attached hydrogen (secondary N) is 1. The van der Waals surface area contributed by atoms with Gasteiger partial charge in [0.05, 0.1) is 21.4 Å². The van der Waals surface area contributed by atoms with Gasteiger partial charge in [-0.15, -0.1) is 11.6 Å². The van der Waals surface area contributed by atoms with E-state index in [9.17, 15) is 9.18 Å². The molecule has 0 fully saturated rings. The average Bonchev–Trinajstić information content (AvgIpc) is 2.68. The minimum Gasteiger partial charge on any atom is -0.355 e. The monoisotopic (exact) mass is 317 g/mol. The first kappa shape index (κ1) is 15.1. The van der Waals surface area contributed by atoms with E-state index in [-0.39, 0.29) is 16.3 Å². The topological polar surface area (TPSA) is 46.9 Å². The van der Waals surface area contributed by atoms with Crippen molar-refractivity contribution in [3.8, 4) is 0 Å². The van der Waals surface area contributed by atoms with Crippen molar-refractivity contribution in [2.24, 2.45) is 0 Å². The second-order valence-corrected chi connectivity index (χ2v) is 5.54. The molecule has 1 heterocycles. The molecule has 1 N–H and O–H groups in total. The van der Waals surface area contributed by atoms with Crippen LogP contribution in [0.2, 0.25) is 5.02 Å². The summed E-state index contributed by atoms with van der Waals surface area (Å²) in [6, 6.07) is 2.81. The Balaban J connectivity index is 2.45. The maximum absolute atomic E-state index is 13.5. The van der Waals surface area contributed by atoms with Gasteiger partial charge in [-0.2, -0.15) is 0 Å². The molecule has 7 heteroatoms. The summed E-state index contributed by atoms with van der Waals surface area (Å²) in [5.41, 5.74) is 1.20. The number of alkyl halides is 1. The number of imidazole rings is 1. The second kappa shape index (κ2) is 5.97. The van der Waals surface area contributed by atoms with Gasteiger partial charge in [-0.05, 0) is 13.0 Å². The molecule has 0 spiro atoms. The number of hydrogen-bond acceptors (Lipinski definition) is 2. The third-order valence-electron chi connectivity index (χ3n) is 2.88. The van der Waals surface area contributed by atoms with Gasteiger partial charge in [0.15, 0.2) is 0 Å². The maximum atomic E-state index is 13.5. The second-order valence-electron chi connectivity index (χ2n) is 4.48. The zero-order valence-corrected chi connectivity index (χ0v) is 12.6. The summed E-state index contributed by atoms with van der Waals surface area (Å²) in [6.07, 6.45) is 0. The minimum absolute atomic E-state index is 0.0342. The summed E-state index contributed by atoms with van der Waals surface area (Å²) >= 11 is 11.9. The number of rotatable bonds is 4. The Hall–Kier alpha value is -1.33. The van der Waals surface area contributed by atoms with Gasteiger partial charge in [0.2, 0.25) is 5.91 Å².